The number of nitrogens with zero attached hydrogens (tertiary/aromatic N) is 3. The number of anilines is 1. The number of hydrogen-bond acceptors (Lipinski definition) is 4. The molecule has 2 aromatic carbocycles. The van der Waals surface area contributed by atoms with Gasteiger partial charge in [-0.1, -0.05) is 58.4 Å². The third kappa shape index (κ3) is 3.75. The summed E-state index contributed by atoms with van der Waals surface area (Å²) in [6.07, 6.45) is 0.690. The van der Waals surface area contributed by atoms with Crippen LogP contribution < -0.4 is 5.32 Å². The first-order chi connectivity index (χ1) is 13.6. The monoisotopic (exact) mass is 436 g/mol. The summed E-state index contributed by atoms with van der Waals surface area (Å²) in [5, 5.41) is 7.12. The minimum Gasteiger partial charge on any atom is -0.441 e. The molecule has 6 nitrogen and oxygen atoms in total. The van der Waals surface area contributed by atoms with Crippen molar-refractivity contribution in [2.75, 3.05) is 5.32 Å². The summed E-state index contributed by atoms with van der Waals surface area (Å²) in [7, 11) is 0. The van der Waals surface area contributed by atoms with Gasteiger partial charge in [0.25, 0.3) is 0 Å². The smallest absolute Gasteiger partial charge is 0.413 e. The average Bonchev–Trinajstić information content (AvgIpc) is 3.07. The Hall–Kier alpha value is -3.19. The minimum atomic E-state index is -0.567. The minimum absolute atomic E-state index is 0.385. The van der Waals surface area contributed by atoms with Crippen molar-refractivity contribution in [3.05, 3.63) is 83.0 Å². The van der Waals surface area contributed by atoms with Gasteiger partial charge < -0.3 is 4.74 Å². The number of aromatic nitrogens is 3. The second-order valence-electron chi connectivity index (χ2n) is 6.19. The Morgan fingerprint density at radius 3 is 2.57 bits per heavy atom. The Bertz CT molecular complexity index is 1110. The van der Waals surface area contributed by atoms with Crippen LogP contribution in [0.15, 0.2) is 77.4 Å². The first-order valence-electron chi connectivity index (χ1n) is 8.74. The number of ether oxygens (including phenoxy) is 1. The van der Waals surface area contributed by atoms with E-state index in [9.17, 15) is 4.79 Å². The number of fused-ring (bicyclic) bond motifs is 1. The first-order valence-corrected chi connectivity index (χ1v) is 9.53. The molecule has 0 spiro atoms. The van der Waals surface area contributed by atoms with Crippen LogP contribution in [0.4, 0.5) is 10.6 Å². The molecule has 0 aliphatic carbocycles. The van der Waals surface area contributed by atoms with Gasteiger partial charge in [-0.05, 0) is 36.8 Å². The lowest BCUT2D eigenvalue weighted by molar-refractivity contribution is 0.121. The molecular formula is C21H17BrN4O2. The van der Waals surface area contributed by atoms with Crippen LogP contribution in [0.1, 0.15) is 18.6 Å². The van der Waals surface area contributed by atoms with Crippen LogP contribution in [-0.2, 0) is 4.74 Å². The van der Waals surface area contributed by atoms with Crippen molar-refractivity contribution in [2.45, 2.75) is 13.0 Å². The van der Waals surface area contributed by atoms with E-state index in [1.54, 1.807) is 16.8 Å². The third-order valence-corrected chi connectivity index (χ3v) is 4.81. The zero-order chi connectivity index (χ0) is 19.5. The lowest BCUT2D eigenvalue weighted by atomic mass is 10.1. The number of halogens is 1. The van der Waals surface area contributed by atoms with E-state index in [1.807, 2.05) is 67.6 Å². The average molecular weight is 437 g/mol. The van der Waals surface area contributed by atoms with Gasteiger partial charge in [0.2, 0.25) is 0 Å². The maximum absolute atomic E-state index is 12.6. The maximum Gasteiger partial charge on any atom is 0.413 e. The van der Waals surface area contributed by atoms with E-state index < -0.39 is 6.09 Å². The Balaban J connectivity index is 1.64. The Kier molecular flexibility index (Phi) is 5.08. The molecule has 4 rings (SSSR count). The normalized spacial score (nSPS) is 11.9. The number of carbonyl (C=O) groups excluding carboxylic acids is 1. The number of hydrogen-bond donors (Lipinski definition) is 1. The molecule has 7 heteroatoms. The van der Waals surface area contributed by atoms with Gasteiger partial charge in [0.05, 0.1) is 0 Å². The van der Waals surface area contributed by atoms with E-state index in [0.717, 1.165) is 15.6 Å². The highest BCUT2D eigenvalue weighted by Gasteiger charge is 2.19. The highest BCUT2D eigenvalue weighted by atomic mass is 79.9. The molecule has 0 aliphatic heterocycles. The Morgan fingerprint density at radius 1 is 1.07 bits per heavy atom. The Labute approximate surface area is 170 Å². The van der Waals surface area contributed by atoms with Crippen LogP contribution in [0.2, 0.25) is 0 Å². The summed E-state index contributed by atoms with van der Waals surface area (Å²) in [6.45, 7) is 1.83. The summed E-state index contributed by atoms with van der Waals surface area (Å²) in [4.78, 5) is 17.2. The predicted octanol–water partition coefficient (Wildman–Crippen LogP) is 5.47. The van der Waals surface area contributed by atoms with Crippen LogP contribution in [0.5, 0.6) is 0 Å². The standard InChI is InChI=1S/C21H17BrN4O2/c1-14(15-6-3-2-4-7-15)28-21(27)25-20-19(16-9-11-17(22)12-10-16)24-18-8-5-13-23-26(18)20/h2-14H,1H3,(H,25,27)/t14-/m1/s1. The van der Waals surface area contributed by atoms with Crippen molar-refractivity contribution in [1.29, 1.82) is 0 Å². The van der Waals surface area contributed by atoms with Crippen molar-refractivity contribution >= 4 is 33.5 Å². The van der Waals surface area contributed by atoms with Crippen LogP contribution in [-0.4, -0.2) is 20.7 Å². The molecule has 0 aliphatic rings. The van der Waals surface area contributed by atoms with E-state index in [4.69, 9.17) is 4.74 Å². The van der Waals surface area contributed by atoms with E-state index >= 15 is 0 Å². The van der Waals surface area contributed by atoms with E-state index in [1.165, 1.54) is 0 Å². The fourth-order valence-electron chi connectivity index (χ4n) is 2.89. The van der Waals surface area contributed by atoms with Gasteiger partial charge in [0.15, 0.2) is 11.5 Å². The van der Waals surface area contributed by atoms with E-state index in [2.05, 4.69) is 31.3 Å². The van der Waals surface area contributed by atoms with Crippen molar-refractivity contribution in [3.63, 3.8) is 0 Å². The molecule has 2 aromatic heterocycles. The van der Waals surface area contributed by atoms with Gasteiger partial charge in [-0.2, -0.15) is 9.61 Å². The van der Waals surface area contributed by atoms with Crippen LogP contribution in [0.3, 0.4) is 0 Å². The van der Waals surface area contributed by atoms with E-state index in [-0.39, 0.29) is 6.10 Å². The fourth-order valence-corrected chi connectivity index (χ4v) is 3.15. The predicted molar refractivity (Wildman–Crippen MR) is 111 cm³/mol. The summed E-state index contributed by atoms with van der Waals surface area (Å²) in [5.74, 6) is 0.461. The van der Waals surface area contributed by atoms with Crippen molar-refractivity contribution in [3.8, 4) is 11.3 Å². The van der Waals surface area contributed by atoms with E-state index in [0.29, 0.717) is 17.2 Å². The number of imidazole rings is 1. The summed E-state index contributed by atoms with van der Waals surface area (Å²) < 4.78 is 8.09. The maximum atomic E-state index is 12.6. The molecule has 140 valence electrons. The molecule has 0 bridgehead atoms. The van der Waals surface area contributed by atoms with Crippen LogP contribution in [0.25, 0.3) is 16.9 Å². The molecule has 0 unspecified atom stereocenters. The van der Waals surface area contributed by atoms with Crippen molar-refractivity contribution < 1.29 is 9.53 Å². The highest BCUT2D eigenvalue weighted by molar-refractivity contribution is 9.10. The molecule has 0 fully saturated rings. The van der Waals surface area contributed by atoms with Crippen LogP contribution in [0, 0.1) is 0 Å². The number of nitrogens with one attached hydrogen (secondary N) is 1. The molecule has 0 saturated heterocycles. The molecule has 2 heterocycles. The topological polar surface area (TPSA) is 68.5 Å². The Morgan fingerprint density at radius 2 is 1.82 bits per heavy atom. The van der Waals surface area contributed by atoms with Gasteiger partial charge in [-0.15, -0.1) is 0 Å². The second-order valence-corrected chi connectivity index (χ2v) is 7.11. The van der Waals surface area contributed by atoms with Gasteiger partial charge in [0.1, 0.15) is 11.8 Å². The summed E-state index contributed by atoms with van der Waals surface area (Å²) >= 11 is 3.43. The number of benzene rings is 2. The largest absolute Gasteiger partial charge is 0.441 e. The summed E-state index contributed by atoms with van der Waals surface area (Å²) in [5.41, 5.74) is 3.03. The molecule has 1 N–H and O–H groups in total. The molecule has 1 atom stereocenters. The van der Waals surface area contributed by atoms with Gasteiger partial charge in [-0.25, -0.2) is 9.78 Å². The number of amides is 1. The zero-order valence-corrected chi connectivity index (χ0v) is 16.6. The lowest BCUT2D eigenvalue weighted by Gasteiger charge is -2.14. The molecular weight excluding hydrogens is 420 g/mol. The fraction of sp³-hybridized carbons (Fsp3) is 0.0952. The number of rotatable bonds is 4. The zero-order valence-electron chi connectivity index (χ0n) is 15.0. The molecule has 28 heavy (non-hydrogen) atoms. The van der Waals surface area contributed by atoms with Gasteiger partial charge in [0, 0.05) is 16.2 Å². The van der Waals surface area contributed by atoms with Crippen molar-refractivity contribution in [1.82, 2.24) is 14.6 Å². The lowest BCUT2D eigenvalue weighted by Crippen LogP contribution is -2.18. The second kappa shape index (κ2) is 7.82. The molecule has 0 saturated carbocycles. The quantitative estimate of drug-likeness (QED) is 0.460. The van der Waals surface area contributed by atoms with Gasteiger partial charge in [-0.3, -0.25) is 5.32 Å². The van der Waals surface area contributed by atoms with Crippen LogP contribution >= 0.6 is 15.9 Å². The third-order valence-electron chi connectivity index (χ3n) is 4.28. The van der Waals surface area contributed by atoms with Gasteiger partial charge >= 0.3 is 6.09 Å². The SMILES string of the molecule is C[C@@H](OC(=O)Nc1c(-c2ccc(Br)cc2)nc2cccnn12)c1ccccc1. The first kappa shape index (κ1) is 18.2. The molecule has 0 radical (unpaired) electrons. The molecule has 4 aromatic rings. The molecule has 1 amide bonds. The number of carbonyl (C=O) groups is 1. The van der Waals surface area contributed by atoms with Crippen molar-refractivity contribution in [2.24, 2.45) is 0 Å². The highest BCUT2D eigenvalue weighted by Crippen LogP contribution is 2.29. The summed E-state index contributed by atoms with van der Waals surface area (Å²) in [6, 6.07) is 20.9.